The van der Waals surface area contributed by atoms with Gasteiger partial charge in [-0.15, -0.1) is 6.58 Å². The van der Waals surface area contributed by atoms with Gasteiger partial charge in [0.15, 0.2) is 12.7 Å². The van der Waals surface area contributed by atoms with Gasteiger partial charge >= 0.3 is 0 Å². The highest BCUT2D eigenvalue weighted by atomic mass is 35.5. The number of halogens is 2. The van der Waals surface area contributed by atoms with Gasteiger partial charge < -0.3 is 4.43 Å². The van der Waals surface area contributed by atoms with Crippen LogP contribution in [-0.2, 0) is 9.22 Å². The largest absolute Gasteiger partial charge is 0.413 e. The Hall–Kier alpha value is 0.517. The van der Waals surface area contributed by atoms with E-state index in [1.54, 1.807) is 6.08 Å². The van der Waals surface area contributed by atoms with E-state index in [2.05, 4.69) is 54.3 Å². The van der Waals surface area contributed by atoms with Crippen LogP contribution in [0, 0.1) is 11.8 Å². The summed E-state index contributed by atoms with van der Waals surface area (Å²) < 4.78 is 5.05. The number of hydrogen-bond acceptors (Lipinski definition) is 3. The summed E-state index contributed by atoms with van der Waals surface area (Å²) >= 11 is 14.2. The van der Waals surface area contributed by atoms with Crippen LogP contribution >= 0.6 is 35.0 Å². The molecule has 0 heterocycles. The van der Waals surface area contributed by atoms with E-state index in [4.69, 9.17) is 27.6 Å². The first-order valence-electron chi connectivity index (χ1n) is 8.47. The standard InChI is InChI=1S/C18H34Cl2O2SSi/c1-11-14(18(19,20)16(21)23-13(4)5)15(12(2)3)22-24(9,10)17(6,7)8/h11-15H,1H2,2-10H3/t14-,15-/m0/s1. The van der Waals surface area contributed by atoms with Gasteiger partial charge in [-0.3, -0.25) is 4.79 Å². The number of rotatable bonds is 8. The Morgan fingerprint density at radius 3 is 1.92 bits per heavy atom. The molecule has 0 saturated heterocycles. The Kier molecular flexibility index (Phi) is 9.13. The molecular formula is C18H34Cl2O2SSi. The first-order valence-corrected chi connectivity index (χ1v) is 13.0. The number of carbonyl (C=O) groups is 1. The first-order chi connectivity index (χ1) is 10.6. The Bertz CT molecular complexity index is 443. The van der Waals surface area contributed by atoms with Crippen molar-refractivity contribution in [1.82, 2.24) is 0 Å². The molecule has 0 rings (SSSR count). The van der Waals surface area contributed by atoms with Gasteiger partial charge in [-0.1, -0.05) is 89.5 Å². The summed E-state index contributed by atoms with van der Waals surface area (Å²) in [4.78, 5) is 12.6. The summed E-state index contributed by atoms with van der Waals surface area (Å²) in [6, 6.07) is 0. The monoisotopic (exact) mass is 412 g/mol. The van der Waals surface area contributed by atoms with E-state index in [9.17, 15) is 4.79 Å². The number of hydrogen-bond donors (Lipinski definition) is 0. The summed E-state index contributed by atoms with van der Waals surface area (Å²) in [5.74, 6) is -0.301. The second-order valence-corrected chi connectivity index (χ2v) is 16.1. The molecule has 0 aromatic carbocycles. The van der Waals surface area contributed by atoms with Gasteiger partial charge in [0, 0.05) is 11.2 Å². The van der Waals surface area contributed by atoms with Crippen LogP contribution in [0.15, 0.2) is 12.7 Å². The molecule has 0 aliphatic rings. The van der Waals surface area contributed by atoms with Crippen molar-refractivity contribution < 1.29 is 9.22 Å². The van der Waals surface area contributed by atoms with Crippen LogP contribution in [0.25, 0.3) is 0 Å². The topological polar surface area (TPSA) is 26.3 Å². The van der Waals surface area contributed by atoms with Crippen molar-refractivity contribution in [3.63, 3.8) is 0 Å². The molecule has 0 bridgehead atoms. The molecule has 0 spiro atoms. The average Bonchev–Trinajstić information content (AvgIpc) is 2.35. The van der Waals surface area contributed by atoms with Crippen molar-refractivity contribution in [3.8, 4) is 0 Å². The van der Waals surface area contributed by atoms with Crippen molar-refractivity contribution in [1.29, 1.82) is 0 Å². The molecule has 0 amide bonds. The van der Waals surface area contributed by atoms with Crippen molar-refractivity contribution in [3.05, 3.63) is 12.7 Å². The molecule has 0 N–H and O–H groups in total. The Labute approximate surface area is 164 Å². The van der Waals surface area contributed by atoms with Crippen LogP contribution in [0.5, 0.6) is 0 Å². The van der Waals surface area contributed by atoms with Crippen LogP contribution in [0.1, 0.15) is 48.5 Å². The minimum atomic E-state index is -2.04. The van der Waals surface area contributed by atoms with Crippen LogP contribution < -0.4 is 0 Å². The van der Waals surface area contributed by atoms with Gasteiger partial charge in [0.25, 0.3) is 0 Å². The molecule has 0 fully saturated rings. The van der Waals surface area contributed by atoms with Gasteiger partial charge in [0.05, 0.1) is 6.10 Å². The highest BCUT2D eigenvalue weighted by Crippen LogP contribution is 2.45. The van der Waals surface area contributed by atoms with Crippen LogP contribution in [0.4, 0.5) is 0 Å². The zero-order valence-electron chi connectivity index (χ0n) is 16.6. The highest BCUT2D eigenvalue weighted by Gasteiger charge is 2.49. The molecule has 0 radical (unpaired) electrons. The van der Waals surface area contributed by atoms with Crippen LogP contribution in [-0.4, -0.2) is 29.1 Å². The predicted octanol–water partition coefficient (Wildman–Crippen LogP) is 6.68. The summed E-state index contributed by atoms with van der Waals surface area (Å²) in [5, 5.41) is -0.0574. The highest BCUT2D eigenvalue weighted by molar-refractivity contribution is 8.14. The Balaban J connectivity index is 5.69. The van der Waals surface area contributed by atoms with Crippen LogP contribution in [0.3, 0.4) is 0 Å². The van der Waals surface area contributed by atoms with Crippen LogP contribution in [0.2, 0.25) is 18.1 Å². The molecule has 0 aromatic rings. The molecule has 0 unspecified atom stereocenters. The quantitative estimate of drug-likeness (QED) is 0.252. The van der Waals surface area contributed by atoms with E-state index in [1.807, 2.05) is 13.8 Å². The lowest BCUT2D eigenvalue weighted by Gasteiger charge is -2.44. The van der Waals surface area contributed by atoms with Crippen molar-refractivity contribution in [2.45, 2.75) is 82.3 Å². The fraction of sp³-hybridized carbons (Fsp3) is 0.833. The summed E-state index contributed by atoms with van der Waals surface area (Å²) in [7, 11) is -2.04. The minimum absolute atomic E-state index is 0.0594. The van der Waals surface area contributed by atoms with Crippen molar-refractivity contribution in [2.75, 3.05) is 0 Å². The van der Waals surface area contributed by atoms with E-state index in [0.29, 0.717) is 0 Å². The zero-order chi connectivity index (χ0) is 19.5. The molecule has 6 heteroatoms. The predicted molar refractivity (Wildman–Crippen MR) is 113 cm³/mol. The maximum atomic E-state index is 12.6. The smallest absolute Gasteiger partial charge is 0.225 e. The third-order valence-electron chi connectivity index (χ3n) is 4.54. The van der Waals surface area contributed by atoms with Gasteiger partial charge in [-0.2, -0.15) is 0 Å². The molecule has 0 saturated carbocycles. The summed E-state index contributed by atoms with van der Waals surface area (Å²) in [6.07, 6.45) is 1.42. The van der Waals surface area contributed by atoms with E-state index in [-0.39, 0.29) is 27.4 Å². The normalized spacial score (nSPS) is 16.4. The fourth-order valence-electron chi connectivity index (χ4n) is 2.06. The van der Waals surface area contributed by atoms with Gasteiger partial charge in [-0.25, -0.2) is 0 Å². The lowest BCUT2D eigenvalue weighted by molar-refractivity contribution is -0.113. The second kappa shape index (κ2) is 8.94. The number of alkyl halides is 2. The molecule has 2 nitrogen and oxygen atoms in total. The maximum Gasteiger partial charge on any atom is 0.225 e. The third-order valence-corrected chi connectivity index (χ3v) is 11.1. The van der Waals surface area contributed by atoms with Crippen molar-refractivity contribution in [2.24, 2.45) is 11.8 Å². The lowest BCUT2D eigenvalue weighted by atomic mass is 9.90. The Morgan fingerprint density at radius 1 is 1.17 bits per heavy atom. The summed E-state index contributed by atoms with van der Waals surface area (Å²) in [6.45, 7) is 22.9. The van der Waals surface area contributed by atoms with Gasteiger partial charge in [0.1, 0.15) is 0 Å². The molecule has 2 atom stereocenters. The molecule has 0 aliphatic heterocycles. The van der Waals surface area contributed by atoms with Gasteiger partial charge in [0.2, 0.25) is 5.12 Å². The second-order valence-electron chi connectivity index (χ2n) is 8.43. The first kappa shape index (κ1) is 24.5. The molecular weight excluding hydrogens is 379 g/mol. The van der Waals surface area contributed by atoms with E-state index >= 15 is 0 Å². The zero-order valence-corrected chi connectivity index (χ0v) is 19.9. The fourth-order valence-corrected chi connectivity index (χ4v) is 4.93. The summed E-state index contributed by atoms with van der Waals surface area (Å²) in [5.41, 5.74) is 0. The molecule has 0 aliphatic carbocycles. The van der Waals surface area contributed by atoms with E-state index in [1.165, 1.54) is 0 Å². The Morgan fingerprint density at radius 2 is 1.62 bits per heavy atom. The lowest BCUT2D eigenvalue weighted by Crippen LogP contribution is -2.51. The molecule has 24 heavy (non-hydrogen) atoms. The molecule has 142 valence electrons. The van der Waals surface area contributed by atoms with E-state index < -0.39 is 18.6 Å². The SMILES string of the molecule is C=C[C@@H]([C@@H](O[Si](C)(C)C(C)(C)C)C(C)C)C(Cl)(Cl)C(=O)SC(C)C. The average molecular weight is 414 g/mol. The maximum absolute atomic E-state index is 12.6. The van der Waals surface area contributed by atoms with Gasteiger partial charge in [-0.05, 0) is 24.1 Å². The van der Waals surface area contributed by atoms with E-state index in [0.717, 1.165) is 11.8 Å². The third kappa shape index (κ3) is 6.35. The number of thioether (sulfide) groups is 1. The molecule has 0 aromatic heterocycles. The minimum Gasteiger partial charge on any atom is -0.413 e. The van der Waals surface area contributed by atoms with Crippen molar-refractivity contribution >= 4 is 48.4 Å². The number of carbonyl (C=O) groups excluding carboxylic acids is 1.